The van der Waals surface area contributed by atoms with Gasteiger partial charge in [-0.25, -0.2) is 4.98 Å². The number of hydrogen-bond donors (Lipinski definition) is 2. The van der Waals surface area contributed by atoms with Gasteiger partial charge in [-0.05, 0) is 30.9 Å². The van der Waals surface area contributed by atoms with E-state index in [4.69, 9.17) is 5.84 Å². The zero-order valence-electron chi connectivity index (χ0n) is 9.11. The molecular formula is C11H18N4. The molecule has 4 heteroatoms. The molecule has 3 N–H and O–H groups in total. The average molecular weight is 206 g/mol. The summed E-state index contributed by atoms with van der Waals surface area (Å²) in [5.41, 5.74) is 3.44. The molecule has 4 nitrogen and oxygen atoms in total. The van der Waals surface area contributed by atoms with Crippen molar-refractivity contribution in [2.75, 3.05) is 23.4 Å². The number of hydrogen-bond acceptors (Lipinski definition) is 4. The number of piperidine rings is 1. The van der Waals surface area contributed by atoms with Gasteiger partial charge >= 0.3 is 0 Å². The van der Waals surface area contributed by atoms with Gasteiger partial charge in [0.1, 0.15) is 5.82 Å². The second kappa shape index (κ2) is 4.49. The maximum absolute atomic E-state index is 5.30. The minimum atomic E-state index is 0.771. The number of nitrogens with one attached hydrogen (secondary N) is 1. The Kier molecular flexibility index (Phi) is 3.06. The van der Waals surface area contributed by atoms with E-state index in [1.165, 1.54) is 12.8 Å². The number of pyridine rings is 1. The summed E-state index contributed by atoms with van der Waals surface area (Å²) in [5, 5.41) is 0. The van der Waals surface area contributed by atoms with E-state index in [1.54, 1.807) is 6.20 Å². The first kappa shape index (κ1) is 10.2. The van der Waals surface area contributed by atoms with Gasteiger partial charge in [0.25, 0.3) is 0 Å². The van der Waals surface area contributed by atoms with Crippen LogP contribution in [0.15, 0.2) is 18.3 Å². The molecule has 0 radical (unpaired) electrons. The van der Waals surface area contributed by atoms with Crippen LogP contribution in [0, 0.1) is 5.92 Å². The fraction of sp³-hybridized carbons (Fsp3) is 0.545. The molecule has 0 bridgehead atoms. The number of anilines is 2. The molecule has 15 heavy (non-hydrogen) atoms. The van der Waals surface area contributed by atoms with E-state index < -0.39 is 0 Å². The fourth-order valence-corrected chi connectivity index (χ4v) is 2.06. The van der Waals surface area contributed by atoms with Crippen LogP contribution >= 0.6 is 0 Å². The van der Waals surface area contributed by atoms with Crippen LogP contribution in [0.5, 0.6) is 0 Å². The van der Waals surface area contributed by atoms with E-state index in [0.717, 1.165) is 30.5 Å². The molecule has 82 valence electrons. The molecule has 0 aromatic carbocycles. The van der Waals surface area contributed by atoms with Crippen molar-refractivity contribution in [2.24, 2.45) is 11.8 Å². The van der Waals surface area contributed by atoms with Crippen LogP contribution in [-0.2, 0) is 0 Å². The molecule has 1 unspecified atom stereocenters. The van der Waals surface area contributed by atoms with Gasteiger partial charge in [-0.3, -0.25) is 5.84 Å². The summed E-state index contributed by atoms with van der Waals surface area (Å²) in [4.78, 5) is 6.73. The van der Waals surface area contributed by atoms with Crippen LogP contribution in [0.3, 0.4) is 0 Å². The highest BCUT2D eigenvalue weighted by Gasteiger charge is 2.16. The maximum Gasteiger partial charge on any atom is 0.128 e. The Labute approximate surface area is 90.5 Å². The minimum Gasteiger partial charge on any atom is -0.356 e. The van der Waals surface area contributed by atoms with E-state index in [0.29, 0.717) is 0 Å². The van der Waals surface area contributed by atoms with Crippen LogP contribution in [0.2, 0.25) is 0 Å². The van der Waals surface area contributed by atoms with Crippen molar-refractivity contribution < 1.29 is 0 Å². The van der Waals surface area contributed by atoms with Gasteiger partial charge in [0.15, 0.2) is 0 Å². The lowest BCUT2D eigenvalue weighted by atomic mass is 10.0. The predicted octanol–water partition coefficient (Wildman–Crippen LogP) is 1.60. The lowest BCUT2D eigenvalue weighted by Gasteiger charge is -2.31. The van der Waals surface area contributed by atoms with Gasteiger partial charge < -0.3 is 10.3 Å². The van der Waals surface area contributed by atoms with E-state index in [1.807, 2.05) is 12.1 Å². The van der Waals surface area contributed by atoms with Gasteiger partial charge in [0.2, 0.25) is 0 Å². The normalized spacial score (nSPS) is 21.5. The first-order valence-corrected chi connectivity index (χ1v) is 5.47. The number of nitrogens with two attached hydrogens (primary N) is 1. The number of hydrazine groups is 1. The Balaban J connectivity index is 2.07. The van der Waals surface area contributed by atoms with Crippen molar-refractivity contribution in [2.45, 2.75) is 19.8 Å². The molecule has 1 fully saturated rings. The summed E-state index contributed by atoms with van der Waals surface area (Å²) in [5.74, 6) is 7.12. The van der Waals surface area contributed by atoms with Crippen molar-refractivity contribution in [3.8, 4) is 0 Å². The molecule has 0 aliphatic carbocycles. The third-order valence-corrected chi connectivity index (χ3v) is 2.90. The Hall–Kier alpha value is -1.29. The molecule has 1 aliphatic heterocycles. The van der Waals surface area contributed by atoms with Crippen molar-refractivity contribution in [1.82, 2.24) is 4.98 Å². The standard InChI is InChI=1S/C11H18N4/c1-9-3-2-6-15(8-9)11-5-4-10(14-12)7-13-11/h4-5,7,9,14H,2-3,6,8,12H2,1H3. The highest BCUT2D eigenvalue weighted by atomic mass is 15.2. The molecule has 1 aromatic rings. The molecule has 0 saturated carbocycles. The lowest BCUT2D eigenvalue weighted by molar-refractivity contribution is 0.444. The molecule has 1 atom stereocenters. The molecule has 1 saturated heterocycles. The Morgan fingerprint density at radius 3 is 3.00 bits per heavy atom. The zero-order chi connectivity index (χ0) is 10.7. The smallest absolute Gasteiger partial charge is 0.128 e. The Morgan fingerprint density at radius 1 is 1.53 bits per heavy atom. The molecule has 2 heterocycles. The topological polar surface area (TPSA) is 54.2 Å². The first-order valence-electron chi connectivity index (χ1n) is 5.47. The van der Waals surface area contributed by atoms with Gasteiger partial charge in [-0.1, -0.05) is 6.92 Å². The fourth-order valence-electron chi connectivity index (χ4n) is 2.06. The number of nitrogens with zero attached hydrogens (tertiary/aromatic N) is 2. The molecule has 1 aromatic heterocycles. The van der Waals surface area contributed by atoms with E-state index in [-0.39, 0.29) is 0 Å². The maximum atomic E-state index is 5.30. The van der Waals surface area contributed by atoms with Gasteiger partial charge in [0, 0.05) is 13.1 Å². The van der Waals surface area contributed by atoms with Crippen molar-refractivity contribution >= 4 is 11.5 Å². The number of aromatic nitrogens is 1. The predicted molar refractivity (Wildman–Crippen MR) is 62.7 cm³/mol. The average Bonchev–Trinajstić information content (AvgIpc) is 2.29. The minimum absolute atomic E-state index is 0.771. The SMILES string of the molecule is CC1CCCN(c2ccc(NN)cn2)C1. The van der Waals surface area contributed by atoms with Crippen molar-refractivity contribution in [3.05, 3.63) is 18.3 Å². The summed E-state index contributed by atoms with van der Waals surface area (Å²) >= 11 is 0. The van der Waals surface area contributed by atoms with E-state index in [9.17, 15) is 0 Å². The molecule has 0 spiro atoms. The lowest BCUT2D eigenvalue weighted by Crippen LogP contribution is -2.34. The van der Waals surface area contributed by atoms with Crippen LogP contribution in [0.4, 0.5) is 11.5 Å². The third-order valence-electron chi connectivity index (χ3n) is 2.90. The van der Waals surface area contributed by atoms with E-state index >= 15 is 0 Å². The van der Waals surface area contributed by atoms with Crippen LogP contribution in [0.1, 0.15) is 19.8 Å². The van der Waals surface area contributed by atoms with Crippen LogP contribution in [0.25, 0.3) is 0 Å². The van der Waals surface area contributed by atoms with Crippen LogP contribution in [-0.4, -0.2) is 18.1 Å². The molecule has 2 rings (SSSR count). The van der Waals surface area contributed by atoms with Crippen molar-refractivity contribution in [1.29, 1.82) is 0 Å². The molecular weight excluding hydrogens is 188 g/mol. The number of rotatable bonds is 2. The van der Waals surface area contributed by atoms with Gasteiger partial charge in [-0.2, -0.15) is 0 Å². The Bertz CT molecular complexity index is 309. The molecule has 1 aliphatic rings. The Morgan fingerprint density at radius 2 is 2.40 bits per heavy atom. The summed E-state index contributed by atoms with van der Waals surface area (Å²) in [6, 6.07) is 3.98. The quantitative estimate of drug-likeness (QED) is 0.570. The zero-order valence-corrected chi connectivity index (χ0v) is 9.11. The largest absolute Gasteiger partial charge is 0.356 e. The summed E-state index contributed by atoms with van der Waals surface area (Å²) in [6.07, 6.45) is 4.37. The first-order chi connectivity index (χ1) is 7.29. The summed E-state index contributed by atoms with van der Waals surface area (Å²) < 4.78 is 0. The van der Waals surface area contributed by atoms with Gasteiger partial charge in [0.05, 0.1) is 11.9 Å². The molecule has 0 amide bonds. The number of nitrogen functional groups attached to an aromatic ring is 1. The second-order valence-corrected chi connectivity index (χ2v) is 4.24. The highest BCUT2D eigenvalue weighted by molar-refractivity contribution is 5.48. The monoisotopic (exact) mass is 206 g/mol. The third kappa shape index (κ3) is 2.39. The van der Waals surface area contributed by atoms with Crippen molar-refractivity contribution in [3.63, 3.8) is 0 Å². The van der Waals surface area contributed by atoms with Gasteiger partial charge in [-0.15, -0.1) is 0 Å². The summed E-state index contributed by atoms with van der Waals surface area (Å²) in [6.45, 7) is 4.52. The van der Waals surface area contributed by atoms with E-state index in [2.05, 4.69) is 22.2 Å². The highest BCUT2D eigenvalue weighted by Crippen LogP contribution is 2.21. The van der Waals surface area contributed by atoms with Crippen LogP contribution < -0.4 is 16.2 Å². The second-order valence-electron chi connectivity index (χ2n) is 4.24. The summed E-state index contributed by atoms with van der Waals surface area (Å²) in [7, 11) is 0.